The molecule has 0 radical (unpaired) electrons. The molecular weight excluding hydrogens is 328 g/mol. The summed E-state index contributed by atoms with van der Waals surface area (Å²) in [5, 5.41) is 19.0. The molecule has 4 N–H and O–H groups in total. The van der Waals surface area contributed by atoms with Gasteiger partial charge in [0.25, 0.3) is 5.56 Å². The molecule has 3 heterocycles. The van der Waals surface area contributed by atoms with Crippen LogP contribution >= 0.6 is 0 Å². The lowest BCUT2D eigenvalue weighted by atomic mass is 10.2. The molecule has 4 rings (SSSR count). The summed E-state index contributed by atoms with van der Waals surface area (Å²) < 4.78 is 6.69. The second-order valence-corrected chi connectivity index (χ2v) is 5.93. The van der Waals surface area contributed by atoms with Crippen molar-refractivity contribution in [1.82, 2.24) is 19.5 Å². The maximum atomic E-state index is 12.2. The van der Waals surface area contributed by atoms with Gasteiger partial charge in [-0.1, -0.05) is 12.1 Å². The Morgan fingerprint density at radius 3 is 2.80 bits per heavy atom. The van der Waals surface area contributed by atoms with Gasteiger partial charge in [0.05, 0.1) is 29.3 Å². The van der Waals surface area contributed by atoms with Crippen LogP contribution < -0.4 is 11.2 Å². The standard InChI is InChI=1S/C16H16N4O5/c21-7-12-11(22)5-13(25-12)20-6-8(15(23)19-16(20)24)14-17-9-3-1-2-4-10(9)18-14/h1-4,6,11-13,21-22H,5,7H2,(H,17,18)(H,19,23,24)/t11-,12-,13-/m1/s1. The molecule has 0 spiro atoms. The minimum Gasteiger partial charge on any atom is -0.394 e. The number of H-pyrrole nitrogens is 2. The molecule has 0 unspecified atom stereocenters. The first-order chi connectivity index (χ1) is 12.1. The first-order valence-corrected chi connectivity index (χ1v) is 7.82. The van der Waals surface area contributed by atoms with Crippen LogP contribution in [0.2, 0.25) is 0 Å². The molecule has 0 aliphatic carbocycles. The number of aliphatic hydroxyl groups excluding tert-OH is 2. The van der Waals surface area contributed by atoms with Crippen molar-refractivity contribution in [2.45, 2.75) is 24.9 Å². The normalized spacial score (nSPS) is 23.4. The van der Waals surface area contributed by atoms with Gasteiger partial charge in [0.2, 0.25) is 0 Å². The van der Waals surface area contributed by atoms with Crippen LogP contribution in [0.5, 0.6) is 0 Å². The van der Waals surface area contributed by atoms with E-state index in [0.717, 1.165) is 5.52 Å². The van der Waals surface area contributed by atoms with Gasteiger partial charge < -0.3 is 19.9 Å². The fourth-order valence-electron chi connectivity index (χ4n) is 3.00. The highest BCUT2D eigenvalue weighted by atomic mass is 16.5. The number of benzene rings is 1. The number of rotatable bonds is 3. The molecule has 130 valence electrons. The second-order valence-electron chi connectivity index (χ2n) is 5.93. The van der Waals surface area contributed by atoms with Crippen LogP contribution in [-0.4, -0.2) is 48.5 Å². The number of ether oxygens (including phenoxy) is 1. The van der Waals surface area contributed by atoms with Crippen molar-refractivity contribution >= 4 is 11.0 Å². The summed E-state index contributed by atoms with van der Waals surface area (Å²) in [5.41, 5.74) is 0.421. The van der Waals surface area contributed by atoms with Gasteiger partial charge in [-0.3, -0.25) is 14.3 Å². The molecule has 0 saturated carbocycles. The van der Waals surface area contributed by atoms with Crippen molar-refractivity contribution in [1.29, 1.82) is 0 Å². The quantitative estimate of drug-likeness (QED) is 0.516. The molecule has 3 aromatic rings. The molecular formula is C16H16N4O5. The van der Waals surface area contributed by atoms with E-state index in [1.807, 2.05) is 24.3 Å². The van der Waals surface area contributed by atoms with Gasteiger partial charge in [-0.25, -0.2) is 9.78 Å². The average molecular weight is 344 g/mol. The van der Waals surface area contributed by atoms with Gasteiger partial charge in [0.1, 0.15) is 18.2 Å². The number of fused-ring (bicyclic) bond motifs is 1. The molecule has 9 nitrogen and oxygen atoms in total. The van der Waals surface area contributed by atoms with E-state index in [1.54, 1.807) is 0 Å². The molecule has 0 amide bonds. The highest BCUT2D eigenvalue weighted by Gasteiger charge is 2.35. The predicted molar refractivity (Wildman–Crippen MR) is 88.0 cm³/mol. The molecule has 3 atom stereocenters. The summed E-state index contributed by atoms with van der Waals surface area (Å²) in [4.78, 5) is 34.0. The smallest absolute Gasteiger partial charge is 0.330 e. The zero-order valence-corrected chi connectivity index (χ0v) is 13.0. The summed E-state index contributed by atoms with van der Waals surface area (Å²) in [6.45, 7) is -0.355. The molecule has 1 saturated heterocycles. The Bertz CT molecular complexity index is 1000. The number of para-hydroxylation sites is 2. The second kappa shape index (κ2) is 5.96. The van der Waals surface area contributed by atoms with Gasteiger partial charge in [-0.05, 0) is 12.1 Å². The van der Waals surface area contributed by atoms with Crippen molar-refractivity contribution in [3.8, 4) is 11.4 Å². The Kier molecular flexibility index (Phi) is 3.75. The molecule has 9 heteroatoms. The maximum Gasteiger partial charge on any atom is 0.330 e. The third kappa shape index (κ3) is 2.68. The third-order valence-electron chi connectivity index (χ3n) is 4.31. The first kappa shape index (κ1) is 15.8. The van der Waals surface area contributed by atoms with Crippen molar-refractivity contribution in [2.75, 3.05) is 6.61 Å². The van der Waals surface area contributed by atoms with Crippen molar-refractivity contribution < 1.29 is 14.9 Å². The number of nitrogens with one attached hydrogen (secondary N) is 2. The van der Waals surface area contributed by atoms with Crippen molar-refractivity contribution in [2.24, 2.45) is 0 Å². The lowest BCUT2D eigenvalue weighted by Gasteiger charge is -2.14. The largest absolute Gasteiger partial charge is 0.394 e. The van der Waals surface area contributed by atoms with E-state index in [9.17, 15) is 19.8 Å². The minimum atomic E-state index is -0.886. The number of aromatic nitrogens is 4. The van der Waals surface area contributed by atoms with Crippen LogP contribution in [0.4, 0.5) is 0 Å². The minimum absolute atomic E-state index is 0.136. The summed E-state index contributed by atoms with van der Waals surface area (Å²) in [5.74, 6) is 0.327. The van der Waals surface area contributed by atoms with E-state index < -0.39 is 29.7 Å². The Morgan fingerprint density at radius 1 is 1.28 bits per heavy atom. The molecule has 2 aromatic heterocycles. The van der Waals surface area contributed by atoms with Gasteiger partial charge in [-0.2, -0.15) is 0 Å². The van der Waals surface area contributed by atoms with Crippen LogP contribution in [0.25, 0.3) is 22.4 Å². The summed E-state index contributed by atoms with van der Waals surface area (Å²) >= 11 is 0. The highest BCUT2D eigenvalue weighted by Crippen LogP contribution is 2.28. The summed E-state index contributed by atoms with van der Waals surface area (Å²) in [6.07, 6.45) is -0.936. The molecule has 1 fully saturated rings. The number of nitrogens with zero attached hydrogens (tertiary/aromatic N) is 2. The number of imidazole rings is 1. The average Bonchev–Trinajstić information content (AvgIpc) is 3.18. The lowest BCUT2D eigenvalue weighted by molar-refractivity contribution is -0.0458. The van der Waals surface area contributed by atoms with Gasteiger partial charge >= 0.3 is 5.69 Å². The molecule has 1 aliphatic heterocycles. The van der Waals surface area contributed by atoms with E-state index in [1.165, 1.54) is 10.8 Å². The monoisotopic (exact) mass is 344 g/mol. The van der Waals surface area contributed by atoms with Crippen LogP contribution in [-0.2, 0) is 4.74 Å². The Balaban J connectivity index is 1.79. The van der Waals surface area contributed by atoms with E-state index in [0.29, 0.717) is 11.3 Å². The van der Waals surface area contributed by atoms with E-state index in [4.69, 9.17) is 4.74 Å². The summed E-state index contributed by atoms with van der Waals surface area (Å²) in [7, 11) is 0. The Labute approximate surface area is 140 Å². The van der Waals surface area contributed by atoms with Gasteiger partial charge in [0.15, 0.2) is 0 Å². The van der Waals surface area contributed by atoms with E-state index in [-0.39, 0.29) is 18.6 Å². The molecule has 0 bridgehead atoms. The molecule has 1 aliphatic rings. The number of hydrogen-bond donors (Lipinski definition) is 4. The maximum absolute atomic E-state index is 12.2. The zero-order valence-electron chi connectivity index (χ0n) is 13.0. The van der Waals surface area contributed by atoms with Crippen molar-refractivity contribution in [3.05, 3.63) is 51.3 Å². The molecule has 1 aromatic carbocycles. The number of hydrogen-bond acceptors (Lipinski definition) is 6. The number of aliphatic hydroxyl groups is 2. The van der Waals surface area contributed by atoms with Gasteiger partial charge in [-0.15, -0.1) is 0 Å². The number of aromatic amines is 2. The predicted octanol–water partition coefficient (Wildman–Crippen LogP) is -0.279. The van der Waals surface area contributed by atoms with E-state index in [2.05, 4.69) is 15.0 Å². The Morgan fingerprint density at radius 2 is 2.08 bits per heavy atom. The van der Waals surface area contributed by atoms with Crippen molar-refractivity contribution in [3.63, 3.8) is 0 Å². The fraction of sp³-hybridized carbons (Fsp3) is 0.312. The van der Waals surface area contributed by atoms with Gasteiger partial charge in [0, 0.05) is 12.6 Å². The molecule has 25 heavy (non-hydrogen) atoms. The highest BCUT2D eigenvalue weighted by molar-refractivity contribution is 5.78. The Hall–Kier alpha value is -2.75. The van der Waals surface area contributed by atoms with E-state index >= 15 is 0 Å². The van der Waals surface area contributed by atoms with Crippen LogP contribution in [0.15, 0.2) is 40.1 Å². The summed E-state index contributed by atoms with van der Waals surface area (Å²) in [6, 6.07) is 7.32. The lowest BCUT2D eigenvalue weighted by Crippen LogP contribution is -2.33. The fourth-order valence-corrected chi connectivity index (χ4v) is 3.00. The zero-order chi connectivity index (χ0) is 17.6. The van der Waals surface area contributed by atoms with Crippen LogP contribution in [0.1, 0.15) is 12.6 Å². The third-order valence-corrected chi connectivity index (χ3v) is 4.31. The topological polar surface area (TPSA) is 133 Å². The first-order valence-electron chi connectivity index (χ1n) is 7.82. The SMILES string of the molecule is O=c1[nH]c(=O)n([C@H]2C[C@@H](O)[C@@H](CO)O2)cc1-c1nc2ccccc2[nH]1. The van der Waals surface area contributed by atoms with Crippen LogP contribution in [0.3, 0.4) is 0 Å². The van der Waals surface area contributed by atoms with Crippen LogP contribution in [0, 0.1) is 0 Å².